The standard InChI is InChI=1S/C11H21N3/c1-3-7-12-8-5-4-6-11-9-13-14(2)10-11/h9-10,12H,3-8H2,1-2H3. The Labute approximate surface area is 86.5 Å². The highest BCUT2D eigenvalue weighted by Crippen LogP contribution is 2.02. The molecule has 0 spiro atoms. The summed E-state index contributed by atoms with van der Waals surface area (Å²) in [6.07, 6.45) is 8.94. The van der Waals surface area contributed by atoms with Gasteiger partial charge in [-0.3, -0.25) is 4.68 Å². The third-order valence-electron chi connectivity index (χ3n) is 2.25. The van der Waals surface area contributed by atoms with Gasteiger partial charge in [-0.2, -0.15) is 5.10 Å². The van der Waals surface area contributed by atoms with Crippen molar-refractivity contribution < 1.29 is 0 Å². The van der Waals surface area contributed by atoms with Gasteiger partial charge in [-0.05, 0) is 44.3 Å². The summed E-state index contributed by atoms with van der Waals surface area (Å²) in [6.45, 7) is 4.49. The highest BCUT2D eigenvalue weighted by Gasteiger charge is 1.95. The topological polar surface area (TPSA) is 29.9 Å². The average molecular weight is 195 g/mol. The van der Waals surface area contributed by atoms with Gasteiger partial charge in [0.2, 0.25) is 0 Å². The van der Waals surface area contributed by atoms with E-state index in [1.807, 2.05) is 17.9 Å². The Hall–Kier alpha value is -0.830. The molecule has 14 heavy (non-hydrogen) atoms. The number of aryl methyl sites for hydroxylation is 2. The van der Waals surface area contributed by atoms with E-state index in [1.165, 1.54) is 24.8 Å². The van der Waals surface area contributed by atoms with Gasteiger partial charge in [0.1, 0.15) is 0 Å². The molecule has 3 heteroatoms. The zero-order valence-corrected chi connectivity index (χ0v) is 9.29. The Balaban J connectivity index is 1.99. The van der Waals surface area contributed by atoms with Gasteiger partial charge in [-0.15, -0.1) is 0 Å². The normalized spacial score (nSPS) is 10.7. The fraction of sp³-hybridized carbons (Fsp3) is 0.727. The van der Waals surface area contributed by atoms with Crippen molar-refractivity contribution in [3.8, 4) is 0 Å². The molecule has 0 aliphatic heterocycles. The van der Waals surface area contributed by atoms with Gasteiger partial charge in [-0.1, -0.05) is 6.92 Å². The first kappa shape index (κ1) is 11.2. The first-order chi connectivity index (χ1) is 6.83. The molecule has 0 aliphatic carbocycles. The molecule has 1 aromatic heterocycles. The summed E-state index contributed by atoms with van der Waals surface area (Å²) in [5.41, 5.74) is 1.35. The average Bonchev–Trinajstić information content (AvgIpc) is 2.58. The molecular weight excluding hydrogens is 174 g/mol. The Kier molecular flexibility index (Phi) is 5.30. The summed E-state index contributed by atoms with van der Waals surface area (Å²) in [5.74, 6) is 0. The van der Waals surface area contributed by atoms with Crippen LogP contribution < -0.4 is 5.32 Å². The van der Waals surface area contributed by atoms with Crippen LogP contribution in [-0.4, -0.2) is 22.9 Å². The molecule has 0 atom stereocenters. The Bertz CT molecular complexity index is 242. The molecule has 0 radical (unpaired) electrons. The summed E-state index contributed by atoms with van der Waals surface area (Å²) in [5, 5.41) is 7.55. The van der Waals surface area contributed by atoms with Gasteiger partial charge in [0.05, 0.1) is 6.20 Å². The lowest BCUT2D eigenvalue weighted by atomic mass is 10.1. The van der Waals surface area contributed by atoms with Crippen molar-refractivity contribution in [1.82, 2.24) is 15.1 Å². The highest BCUT2D eigenvalue weighted by atomic mass is 15.2. The molecule has 1 aromatic rings. The number of nitrogens with one attached hydrogen (secondary N) is 1. The van der Waals surface area contributed by atoms with Gasteiger partial charge < -0.3 is 5.32 Å². The number of rotatable bonds is 7. The zero-order valence-electron chi connectivity index (χ0n) is 9.29. The van der Waals surface area contributed by atoms with Crippen LogP contribution in [0.2, 0.25) is 0 Å². The van der Waals surface area contributed by atoms with Crippen LogP contribution in [0, 0.1) is 0 Å². The van der Waals surface area contributed by atoms with Crippen molar-refractivity contribution in [2.75, 3.05) is 13.1 Å². The molecule has 0 amide bonds. The van der Waals surface area contributed by atoms with E-state index in [2.05, 4.69) is 23.5 Å². The van der Waals surface area contributed by atoms with Crippen LogP contribution in [0.5, 0.6) is 0 Å². The van der Waals surface area contributed by atoms with E-state index in [-0.39, 0.29) is 0 Å². The highest BCUT2D eigenvalue weighted by molar-refractivity contribution is 5.03. The summed E-state index contributed by atoms with van der Waals surface area (Å²) >= 11 is 0. The maximum Gasteiger partial charge on any atom is 0.0521 e. The molecular formula is C11H21N3. The van der Waals surface area contributed by atoms with Crippen LogP contribution in [0.3, 0.4) is 0 Å². The molecule has 0 aliphatic rings. The third kappa shape index (κ3) is 4.42. The predicted molar refractivity (Wildman–Crippen MR) is 59.3 cm³/mol. The van der Waals surface area contributed by atoms with Gasteiger partial charge in [-0.25, -0.2) is 0 Å². The number of hydrogen-bond acceptors (Lipinski definition) is 2. The maximum atomic E-state index is 4.15. The van der Waals surface area contributed by atoms with Crippen LogP contribution in [0.25, 0.3) is 0 Å². The molecule has 0 bridgehead atoms. The van der Waals surface area contributed by atoms with Gasteiger partial charge >= 0.3 is 0 Å². The van der Waals surface area contributed by atoms with Crippen molar-refractivity contribution in [2.45, 2.75) is 32.6 Å². The fourth-order valence-electron chi connectivity index (χ4n) is 1.48. The Morgan fingerprint density at radius 1 is 1.36 bits per heavy atom. The van der Waals surface area contributed by atoms with Crippen molar-refractivity contribution in [2.24, 2.45) is 7.05 Å². The fourth-order valence-corrected chi connectivity index (χ4v) is 1.48. The van der Waals surface area contributed by atoms with Crippen LogP contribution in [0.4, 0.5) is 0 Å². The first-order valence-electron chi connectivity index (χ1n) is 5.51. The minimum Gasteiger partial charge on any atom is -0.317 e. The summed E-state index contributed by atoms with van der Waals surface area (Å²) < 4.78 is 1.87. The van der Waals surface area contributed by atoms with Crippen LogP contribution in [-0.2, 0) is 13.5 Å². The van der Waals surface area contributed by atoms with E-state index in [9.17, 15) is 0 Å². The van der Waals surface area contributed by atoms with Crippen LogP contribution in [0.1, 0.15) is 31.7 Å². The third-order valence-corrected chi connectivity index (χ3v) is 2.25. The largest absolute Gasteiger partial charge is 0.317 e. The smallest absolute Gasteiger partial charge is 0.0521 e. The van der Waals surface area contributed by atoms with E-state index >= 15 is 0 Å². The lowest BCUT2D eigenvalue weighted by molar-refractivity contribution is 0.616. The van der Waals surface area contributed by atoms with E-state index in [0.717, 1.165) is 19.5 Å². The van der Waals surface area contributed by atoms with Crippen molar-refractivity contribution >= 4 is 0 Å². The van der Waals surface area contributed by atoms with E-state index in [1.54, 1.807) is 0 Å². The Morgan fingerprint density at radius 3 is 2.86 bits per heavy atom. The van der Waals surface area contributed by atoms with E-state index < -0.39 is 0 Å². The van der Waals surface area contributed by atoms with Crippen LogP contribution in [0.15, 0.2) is 12.4 Å². The second-order valence-electron chi connectivity index (χ2n) is 3.73. The molecule has 0 aromatic carbocycles. The number of aromatic nitrogens is 2. The predicted octanol–water partition coefficient (Wildman–Crippen LogP) is 1.74. The second-order valence-corrected chi connectivity index (χ2v) is 3.73. The zero-order chi connectivity index (χ0) is 10.2. The van der Waals surface area contributed by atoms with Crippen LogP contribution >= 0.6 is 0 Å². The molecule has 3 nitrogen and oxygen atoms in total. The minimum absolute atomic E-state index is 1.15. The molecule has 0 saturated carbocycles. The molecule has 1 rings (SSSR count). The van der Waals surface area contributed by atoms with Gasteiger partial charge in [0.15, 0.2) is 0 Å². The van der Waals surface area contributed by atoms with Crippen molar-refractivity contribution in [1.29, 1.82) is 0 Å². The number of hydrogen-bond donors (Lipinski definition) is 1. The summed E-state index contributed by atoms with van der Waals surface area (Å²) in [4.78, 5) is 0. The lowest BCUT2D eigenvalue weighted by Crippen LogP contribution is -2.15. The molecule has 0 saturated heterocycles. The monoisotopic (exact) mass is 195 g/mol. The second kappa shape index (κ2) is 6.60. The quantitative estimate of drug-likeness (QED) is 0.672. The maximum absolute atomic E-state index is 4.15. The van der Waals surface area contributed by atoms with Crippen molar-refractivity contribution in [3.05, 3.63) is 18.0 Å². The van der Waals surface area contributed by atoms with Gasteiger partial charge in [0, 0.05) is 13.2 Å². The SMILES string of the molecule is CCCNCCCCc1cnn(C)c1. The lowest BCUT2D eigenvalue weighted by Gasteiger charge is -2.01. The molecule has 1 N–H and O–H groups in total. The minimum atomic E-state index is 1.15. The Morgan fingerprint density at radius 2 is 2.21 bits per heavy atom. The van der Waals surface area contributed by atoms with Gasteiger partial charge in [0.25, 0.3) is 0 Å². The summed E-state index contributed by atoms with van der Waals surface area (Å²) in [6, 6.07) is 0. The number of nitrogens with zero attached hydrogens (tertiary/aromatic N) is 2. The summed E-state index contributed by atoms with van der Waals surface area (Å²) in [7, 11) is 1.96. The first-order valence-corrected chi connectivity index (χ1v) is 5.51. The molecule has 1 heterocycles. The molecule has 0 unspecified atom stereocenters. The van der Waals surface area contributed by atoms with Crippen molar-refractivity contribution in [3.63, 3.8) is 0 Å². The molecule has 80 valence electrons. The van der Waals surface area contributed by atoms with E-state index in [0.29, 0.717) is 0 Å². The number of unbranched alkanes of at least 4 members (excludes halogenated alkanes) is 1. The van der Waals surface area contributed by atoms with E-state index in [4.69, 9.17) is 0 Å². The molecule has 0 fully saturated rings.